The highest BCUT2D eigenvalue weighted by atomic mass is 19.4. The maximum atomic E-state index is 13.7. The summed E-state index contributed by atoms with van der Waals surface area (Å²) in [5, 5.41) is 3.33. The van der Waals surface area contributed by atoms with Crippen LogP contribution in [0.5, 0.6) is 0 Å². The van der Waals surface area contributed by atoms with E-state index in [2.05, 4.69) is 30.2 Å². The summed E-state index contributed by atoms with van der Waals surface area (Å²) in [5.74, 6) is 1.49. The highest BCUT2D eigenvalue weighted by Gasteiger charge is 2.36. The zero-order chi connectivity index (χ0) is 20.9. The standard InChI is InChI=1S/C20H20F3N7/c1-2-13(28-18-15-17(25-9-24-15)26-10-27-18)19-29-14-5-3-4-12(20(21,22)23)16(14)30(19)8-11-6-7-11/h3-5,9-11,13H,2,6-8H2,1H3,(H2,24,25,26,27,28)/t13-/m0/s1. The molecule has 156 valence electrons. The van der Waals surface area contributed by atoms with Gasteiger partial charge >= 0.3 is 6.18 Å². The zero-order valence-corrected chi connectivity index (χ0v) is 16.2. The minimum absolute atomic E-state index is 0.153. The van der Waals surface area contributed by atoms with Crippen LogP contribution in [0.2, 0.25) is 0 Å². The second-order valence-corrected chi connectivity index (χ2v) is 7.62. The number of nitrogens with one attached hydrogen (secondary N) is 2. The number of aromatic amines is 1. The molecule has 0 amide bonds. The third-order valence-electron chi connectivity index (χ3n) is 5.49. The first-order valence-electron chi connectivity index (χ1n) is 9.92. The second kappa shape index (κ2) is 6.96. The van der Waals surface area contributed by atoms with Gasteiger partial charge in [-0.25, -0.2) is 19.9 Å². The lowest BCUT2D eigenvalue weighted by Crippen LogP contribution is -2.18. The zero-order valence-electron chi connectivity index (χ0n) is 16.2. The van der Waals surface area contributed by atoms with Crippen LogP contribution < -0.4 is 5.32 Å². The van der Waals surface area contributed by atoms with Gasteiger partial charge in [0.15, 0.2) is 11.5 Å². The molecule has 3 heterocycles. The van der Waals surface area contributed by atoms with Crippen molar-refractivity contribution in [3.63, 3.8) is 0 Å². The molecule has 0 bridgehead atoms. The Morgan fingerprint density at radius 1 is 1.23 bits per heavy atom. The number of para-hydroxylation sites is 1. The molecule has 10 heteroatoms. The van der Waals surface area contributed by atoms with Crippen LogP contribution in [0.4, 0.5) is 19.0 Å². The fraction of sp³-hybridized carbons (Fsp3) is 0.400. The van der Waals surface area contributed by atoms with Crippen molar-refractivity contribution in [3.05, 3.63) is 42.2 Å². The van der Waals surface area contributed by atoms with Gasteiger partial charge in [-0.3, -0.25) is 0 Å². The molecule has 1 aliphatic carbocycles. The van der Waals surface area contributed by atoms with Gasteiger partial charge in [0.2, 0.25) is 0 Å². The van der Waals surface area contributed by atoms with Crippen molar-refractivity contribution in [2.24, 2.45) is 5.92 Å². The molecule has 4 aromatic rings. The van der Waals surface area contributed by atoms with Crippen molar-refractivity contribution < 1.29 is 13.2 Å². The molecule has 0 aliphatic heterocycles. The summed E-state index contributed by atoms with van der Waals surface area (Å²) in [5.41, 5.74) is 1.03. The van der Waals surface area contributed by atoms with Gasteiger partial charge in [-0.2, -0.15) is 13.2 Å². The van der Waals surface area contributed by atoms with E-state index in [0.717, 1.165) is 18.9 Å². The van der Waals surface area contributed by atoms with E-state index < -0.39 is 11.7 Å². The number of alkyl halides is 3. The van der Waals surface area contributed by atoms with E-state index in [1.54, 1.807) is 10.6 Å². The first-order valence-corrected chi connectivity index (χ1v) is 9.92. The molecule has 1 saturated carbocycles. The number of aromatic nitrogens is 6. The van der Waals surface area contributed by atoms with Crippen LogP contribution in [-0.2, 0) is 12.7 Å². The third kappa shape index (κ3) is 3.25. The van der Waals surface area contributed by atoms with Crippen LogP contribution in [0.3, 0.4) is 0 Å². The Balaban J connectivity index is 1.63. The van der Waals surface area contributed by atoms with Crippen LogP contribution in [0.25, 0.3) is 22.2 Å². The number of hydrogen-bond acceptors (Lipinski definition) is 5. The van der Waals surface area contributed by atoms with E-state index in [0.29, 0.717) is 47.2 Å². The van der Waals surface area contributed by atoms with Gasteiger partial charge in [0.05, 0.1) is 29.0 Å². The predicted octanol–water partition coefficient (Wildman–Crippen LogP) is 4.69. The number of halogens is 3. The molecule has 1 fully saturated rings. The van der Waals surface area contributed by atoms with Crippen LogP contribution in [0.15, 0.2) is 30.9 Å². The highest BCUT2D eigenvalue weighted by Crippen LogP contribution is 2.39. The van der Waals surface area contributed by atoms with Crippen molar-refractivity contribution in [1.29, 1.82) is 0 Å². The lowest BCUT2D eigenvalue weighted by atomic mass is 10.1. The van der Waals surface area contributed by atoms with E-state index in [1.165, 1.54) is 18.7 Å². The predicted molar refractivity (Wildman–Crippen MR) is 106 cm³/mol. The number of fused-ring (bicyclic) bond motifs is 2. The molecular formula is C20H20F3N7. The summed E-state index contributed by atoms with van der Waals surface area (Å²) >= 11 is 0. The number of imidazole rings is 2. The molecular weight excluding hydrogens is 395 g/mol. The van der Waals surface area contributed by atoms with Crippen molar-refractivity contribution >= 4 is 28.0 Å². The average molecular weight is 415 g/mol. The molecule has 0 saturated heterocycles. The fourth-order valence-electron chi connectivity index (χ4n) is 3.83. The van der Waals surface area contributed by atoms with E-state index in [9.17, 15) is 13.2 Å². The normalized spacial score (nSPS) is 15.7. The van der Waals surface area contributed by atoms with E-state index >= 15 is 0 Å². The summed E-state index contributed by atoms with van der Waals surface area (Å²) in [6, 6.07) is 3.85. The molecule has 0 unspecified atom stereocenters. The minimum atomic E-state index is -4.44. The van der Waals surface area contributed by atoms with Gasteiger partial charge in [-0.15, -0.1) is 0 Å². The summed E-state index contributed by atoms with van der Waals surface area (Å²) in [7, 11) is 0. The molecule has 3 aromatic heterocycles. The van der Waals surface area contributed by atoms with Gasteiger partial charge in [-0.1, -0.05) is 13.0 Å². The SMILES string of the molecule is CC[C@H](Nc1ncnc2[nH]cnc12)c1nc2cccc(C(F)(F)F)c2n1CC1CC1. The molecule has 1 aromatic carbocycles. The molecule has 1 atom stereocenters. The maximum Gasteiger partial charge on any atom is 0.418 e. The van der Waals surface area contributed by atoms with Gasteiger partial charge in [0.1, 0.15) is 17.7 Å². The highest BCUT2D eigenvalue weighted by molar-refractivity contribution is 5.83. The molecule has 2 N–H and O–H groups in total. The Labute approximate surface area is 169 Å². The topological polar surface area (TPSA) is 84.3 Å². The third-order valence-corrected chi connectivity index (χ3v) is 5.49. The van der Waals surface area contributed by atoms with E-state index in [4.69, 9.17) is 0 Å². The van der Waals surface area contributed by atoms with Crippen molar-refractivity contribution in [1.82, 2.24) is 29.5 Å². The number of rotatable bonds is 6. The summed E-state index contributed by atoms with van der Waals surface area (Å²) in [4.78, 5) is 20.2. The van der Waals surface area contributed by atoms with Gasteiger partial charge in [0.25, 0.3) is 0 Å². The molecule has 0 spiro atoms. The quantitative estimate of drug-likeness (QED) is 0.477. The number of hydrogen-bond donors (Lipinski definition) is 2. The summed E-state index contributed by atoms with van der Waals surface area (Å²) < 4.78 is 43.0. The van der Waals surface area contributed by atoms with Crippen LogP contribution in [-0.4, -0.2) is 29.5 Å². The Kier molecular flexibility index (Phi) is 4.37. The van der Waals surface area contributed by atoms with Gasteiger partial charge in [-0.05, 0) is 37.3 Å². The van der Waals surface area contributed by atoms with Crippen molar-refractivity contribution in [2.75, 3.05) is 5.32 Å². The van der Waals surface area contributed by atoms with Crippen molar-refractivity contribution in [2.45, 2.75) is 44.9 Å². The first-order chi connectivity index (χ1) is 14.5. The average Bonchev–Trinajstić information content (AvgIpc) is 3.27. The van der Waals surface area contributed by atoms with E-state index in [-0.39, 0.29) is 11.6 Å². The van der Waals surface area contributed by atoms with Crippen LogP contribution in [0, 0.1) is 5.92 Å². The van der Waals surface area contributed by atoms with E-state index in [1.807, 2.05) is 6.92 Å². The number of nitrogens with zero attached hydrogens (tertiary/aromatic N) is 5. The largest absolute Gasteiger partial charge is 0.418 e. The van der Waals surface area contributed by atoms with Crippen LogP contribution >= 0.6 is 0 Å². The lowest BCUT2D eigenvalue weighted by Gasteiger charge is -2.20. The molecule has 7 nitrogen and oxygen atoms in total. The van der Waals surface area contributed by atoms with Crippen molar-refractivity contribution in [3.8, 4) is 0 Å². The fourth-order valence-corrected chi connectivity index (χ4v) is 3.83. The minimum Gasteiger partial charge on any atom is -0.358 e. The molecule has 30 heavy (non-hydrogen) atoms. The van der Waals surface area contributed by atoms with Gasteiger partial charge in [0, 0.05) is 6.54 Å². The van der Waals surface area contributed by atoms with Gasteiger partial charge < -0.3 is 14.9 Å². The summed E-state index contributed by atoms with van der Waals surface area (Å²) in [6.07, 6.45) is 1.18. The van der Waals surface area contributed by atoms with Crippen LogP contribution in [0.1, 0.15) is 43.6 Å². The first kappa shape index (κ1) is 18.8. The Morgan fingerprint density at radius 2 is 2.07 bits per heavy atom. The Hall–Kier alpha value is -3.17. The molecule has 5 rings (SSSR count). The number of benzene rings is 1. The number of H-pyrrole nitrogens is 1. The molecule has 1 aliphatic rings. The smallest absolute Gasteiger partial charge is 0.358 e. The Morgan fingerprint density at radius 3 is 2.80 bits per heavy atom. The molecule has 0 radical (unpaired) electrons. The Bertz CT molecular complexity index is 1210. The number of anilines is 1. The monoisotopic (exact) mass is 415 g/mol. The summed E-state index contributed by atoms with van der Waals surface area (Å²) in [6.45, 7) is 2.49. The maximum absolute atomic E-state index is 13.7. The lowest BCUT2D eigenvalue weighted by molar-refractivity contribution is -0.136. The second-order valence-electron chi connectivity index (χ2n) is 7.62.